The molecule has 2 fully saturated rings. The van der Waals surface area contributed by atoms with Crippen molar-refractivity contribution in [3.63, 3.8) is 0 Å². The summed E-state index contributed by atoms with van der Waals surface area (Å²) >= 11 is 0. The second kappa shape index (κ2) is 3.66. The molecule has 0 aromatic heterocycles. The van der Waals surface area contributed by atoms with Crippen molar-refractivity contribution < 1.29 is 24.6 Å². The van der Waals surface area contributed by atoms with Gasteiger partial charge in [0.2, 0.25) is 0 Å². The molecule has 0 aromatic carbocycles. The molecule has 0 radical (unpaired) electrons. The van der Waals surface area contributed by atoms with Gasteiger partial charge in [-0.3, -0.25) is 9.80 Å². The van der Waals surface area contributed by atoms with Crippen LogP contribution < -0.4 is 0 Å². The Kier molecular flexibility index (Phi) is 2.45. The summed E-state index contributed by atoms with van der Waals surface area (Å²) in [5.41, 5.74) is 0. The number of hydrogen-bond donors (Lipinski definition) is 2. The minimum atomic E-state index is -1.17. The van der Waals surface area contributed by atoms with Crippen LogP contribution in [0.4, 0.5) is 9.59 Å². The fourth-order valence-electron chi connectivity index (χ4n) is 2.65. The average Bonchev–Trinajstić information content (AvgIpc) is 2.53. The molecule has 2 bridgehead atoms. The summed E-state index contributed by atoms with van der Waals surface area (Å²) in [5.74, 6) is 0. The van der Waals surface area contributed by atoms with Gasteiger partial charge in [0.15, 0.2) is 0 Å². The van der Waals surface area contributed by atoms with E-state index < -0.39 is 24.3 Å². The van der Waals surface area contributed by atoms with E-state index in [0.29, 0.717) is 19.1 Å². The molecule has 3 atom stereocenters. The van der Waals surface area contributed by atoms with Gasteiger partial charge in [0.1, 0.15) is 12.3 Å². The van der Waals surface area contributed by atoms with Crippen molar-refractivity contribution in [3.8, 4) is 0 Å². The molecular weight excluding hydrogens is 216 g/mol. The zero-order valence-electron chi connectivity index (χ0n) is 8.44. The van der Waals surface area contributed by atoms with E-state index in [4.69, 9.17) is 10.2 Å². The minimum Gasteiger partial charge on any atom is -0.465 e. The molecule has 2 N–H and O–H groups in total. The molecule has 2 heterocycles. The number of nitrogens with zero attached hydrogens (tertiary/aromatic N) is 2. The van der Waals surface area contributed by atoms with Gasteiger partial charge in [-0.1, -0.05) is 0 Å². The van der Waals surface area contributed by atoms with Crippen LogP contribution in [-0.2, 0) is 4.79 Å². The highest BCUT2D eigenvalue weighted by Crippen LogP contribution is 2.33. The molecule has 2 saturated heterocycles. The number of amides is 2. The maximum absolute atomic E-state index is 11.0. The van der Waals surface area contributed by atoms with E-state index in [0.717, 1.165) is 4.90 Å². The van der Waals surface area contributed by atoms with E-state index in [9.17, 15) is 14.4 Å². The molecule has 2 amide bonds. The first-order valence-electron chi connectivity index (χ1n) is 5.02. The van der Waals surface area contributed by atoms with E-state index >= 15 is 0 Å². The van der Waals surface area contributed by atoms with Gasteiger partial charge in [-0.05, 0) is 12.8 Å². The second-order valence-corrected chi connectivity index (χ2v) is 4.05. The predicted octanol–water partition coefficient (Wildman–Crippen LogP) is 0.0585. The maximum Gasteiger partial charge on any atom is 0.408 e. The third-order valence-electron chi connectivity index (χ3n) is 3.31. The van der Waals surface area contributed by atoms with Gasteiger partial charge in [0.05, 0.1) is 12.1 Å². The minimum absolute atomic E-state index is 0.0849. The van der Waals surface area contributed by atoms with Gasteiger partial charge in [0.25, 0.3) is 0 Å². The topological polar surface area (TPSA) is 98.2 Å². The van der Waals surface area contributed by atoms with Crippen LogP contribution in [0.5, 0.6) is 0 Å². The second-order valence-electron chi connectivity index (χ2n) is 4.05. The van der Waals surface area contributed by atoms with Gasteiger partial charge in [-0.15, -0.1) is 0 Å². The van der Waals surface area contributed by atoms with Crippen molar-refractivity contribution >= 4 is 18.5 Å². The predicted molar refractivity (Wildman–Crippen MR) is 51.3 cm³/mol. The Balaban J connectivity index is 2.28. The monoisotopic (exact) mass is 228 g/mol. The van der Waals surface area contributed by atoms with Crippen LogP contribution in [0.15, 0.2) is 0 Å². The summed E-state index contributed by atoms with van der Waals surface area (Å²) < 4.78 is 0. The molecular formula is C9H12N2O5. The van der Waals surface area contributed by atoms with Crippen molar-refractivity contribution in [2.24, 2.45) is 0 Å². The zero-order valence-corrected chi connectivity index (χ0v) is 8.44. The van der Waals surface area contributed by atoms with Crippen LogP contribution in [0.3, 0.4) is 0 Å². The van der Waals surface area contributed by atoms with Gasteiger partial charge in [-0.2, -0.15) is 0 Å². The summed E-state index contributed by atoms with van der Waals surface area (Å²) in [6.45, 7) is 0.0849. The lowest BCUT2D eigenvalue weighted by atomic mass is 10.1. The quantitative estimate of drug-likeness (QED) is 0.618. The van der Waals surface area contributed by atoms with E-state index in [1.165, 1.54) is 4.90 Å². The largest absolute Gasteiger partial charge is 0.465 e. The number of rotatable bonds is 1. The molecule has 0 aromatic rings. The van der Waals surface area contributed by atoms with Crippen LogP contribution >= 0.6 is 0 Å². The first-order valence-corrected chi connectivity index (χ1v) is 5.02. The van der Waals surface area contributed by atoms with Gasteiger partial charge in [-0.25, -0.2) is 9.59 Å². The zero-order chi connectivity index (χ0) is 11.9. The first kappa shape index (κ1) is 10.7. The SMILES string of the molecule is O=C[C@H]1[C@@H]2CC[C@H](CN1C(=O)O)N2C(=O)O. The number of carboxylic acid groups (broad SMARTS) is 2. The van der Waals surface area contributed by atoms with E-state index in [1.54, 1.807) is 0 Å². The standard InChI is InChI=1S/C9H12N2O5/c12-4-7-6-2-1-5(11(6)9(15)16)3-10(7)8(13)14/h4-7H,1-3H2,(H,13,14)(H,15,16)/t5-,6+,7+/m1/s1. The van der Waals surface area contributed by atoms with E-state index in [-0.39, 0.29) is 12.6 Å². The smallest absolute Gasteiger partial charge is 0.408 e. The lowest BCUT2D eigenvalue weighted by Crippen LogP contribution is -2.62. The third kappa shape index (κ3) is 1.39. The highest BCUT2D eigenvalue weighted by molar-refractivity contribution is 5.75. The number of hydrogen-bond acceptors (Lipinski definition) is 3. The number of carbonyl (C=O) groups is 3. The Bertz CT molecular complexity index is 345. The van der Waals surface area contributed by atoms with Crippen molar-refractivity contribution in [2.45, 2.75) is 31.0 Å². The highest BCUT2D eigenvalue weighted by atomic mass is 16.4. The number of likely N-dealkylation sites (tertiary alicyclic amines) is 1. The molecule has 0 saturated carbocycles. The van der Waals surface area contributed by atoms with Crippen LogP contribution in [0.1, 0.15) is 12.8 Å². The van der Waals surface area contributed by atoms with Gasteiger partial charge in [0, 0.05) is 6.54 Å². The van der Waals surface area contributed by atoms with E-state index in [1.807, 2.05) is 0 Å². The summed E-state index contributed by atoms with van der Waals surface area (Å²) in [5, 5.41) is 17.9. The summed E-state index contributed by atoms with van der Waals surface area (Å²) in [6, 6.07) is -1.70. The Morgan fingerprint density at radius 2 is 1.88 bits per heavy atom. The Morgan fingerprint density at radius 3 is 2.38 bits per heavy atom. The van der Waals surface area contributed by atoms with Crippen LogP contribution in [0, 0.1) is 0 Å². The fourth-order valence-corrected chi connectivity index (χ4v) is 2.65. The third-order valence-corrected chi connectivity index (χ3v) is 3.31. The Morgan fingerprint density at radius 1 is 1.19 bits per heavy atom. The molecule has 0 spiro atoms. The van der Waals surface area contributed by atoms with Crippen LogP contribution in [0.2, 0.25) is 0 Å². The van der Waals surface area contributed by atoms with Crippen molar-refractivity contribution in [2.75, 3.05) is 6.54 Å². The normalized spacial score (nSPS) is 32.6. The number of fused-ring (bicyclic) bond motifs is 2. The molecule has 0 unspecified atom stereocenters. The molecule has 7 nitrogen and oxygen atoms in total. The molecule has 16 heavy (non-hydrogen) atoms. The summed E-state index contributed by atoms with van der Waals surface area (Å²) in [4.78, 5) is 35.1. The molecule has 2 aliphatic rings. The lowest BCUT2D eigenvalue weighted by molar-refractivity contribution is -0.115. The molecule has 7 heteroatoms. The van der Waals surface area contributed by atoms with Crippen molar-refractivity contribution in [3.05, 3.63) is 0 Å². The van der Waals surface area contributed by atoms with Crippen molar-refractivity contribution in [1.29, 1.82) is 0 Å². The van der Waals surface area contributed by atoms with Gasteiger partial charge < -0.3 is 15.0 Å². The first-order chi connectivity index (χ1) is 7.56. The molecule has 2 aliphatic heterocycles. The highest BCUT2D eigenvalue weighted by Gasteiger charge is 2.49. The van der Waals surface area contributed by atoms with Crippen LogP contribution in [0.25, 0.3) is 0 Å². The average molecular weight is 228 g/mol. The molecule has 88 valence electrons. The Labute approximate surface area is 91.2 Å². The lowest BCUT2D eigenvalue weighted by Gasteiger charge is -2.42. The maximum atomic E-state index is 11.0. The molecule has 2 rings (SSSR count). The summed E-state index contributed by atoms with van der Waals surface area (Å²) in [6.07, 6.45) is -0.561. The fraction of sp³-hybridized carbons (Fsp3) is 0.667. The molecule has 0 aliphatic carbocycles. The van der Waals surface area contributed by atoms with Crippen LogP contribution in [-0.4, -0.2) is 63.2 Å². The number of carbonyl (C=O) groups excluding carboxylic acids is 1. The number of aldehydes is 1. The van der Waals surface area contributed by atoms with Gasteiger partial charge >= 0.3 is 12.2 Å². The number of piperazine rings is 1. The van der Waals surface area contributed by atoms with E-state index in [2.05, 4.69) is 0 Å². The van der Waals surface area contributed by atoms with Crippen molar-refractivity contribution in [1.82, 2.24) is 9.80 Å². The summed E-state index contributed by atoms with van der Waals surface area (Å²) in [7, 11) is 0. The Hall–Kier alpha value is -1.79.